The van der Waals surface area contributed by atoms with Gasteiger partial charge in [0.15, 0.2) is 0 Å². The van der Waals surface area contributed by atoms with Crippen molar-refractivity contribution in [2.24, 2.45) is 0 Å². The number of hydrogen-bond acceptors (Lipinski definition) is 6. The number of nitro groups is 1. The minimum absolute atomic E-state index is 0.147. The average molecular weight is 387 g/mol. The molecule has 1 amide bonds. The van der Waals surface area contributed by atoms with E-state index in [2.05, 4.69) is 10.6 Å². The van der Waals surface area contributed by atoms with Crippen molar-refractivity contribution in [3.8, 4) is 5.75 Å². The fourth-order valence-electron chi connectivity index (χ4n) is 2.53. The van der Waals surface area contributed by atoms with Crippen molar-refractivity contribution < 1.29 is 19.2 Å². The Morgan fingerprint density at radius 1 is 1.14 bits per heavy atom. The van der Waals surface area contributed by atoms with Crippen molar-refractivity contribution in [1.29, 1.82) is 0 Å². The third-order valence-corrected chi connectivity index (χ3v) is 3.94. The van der Waals surface area contributed by atoms with Gasteiger partial charge >= 0.3 is 0 Å². The largest absolute Gasteiger partial charge is 0.494 e. The van der Waals surface area contributed by atoms with Gasteiger partial charge in [0.25, 0.3) is 11.6 Å². The summed E-state index contributed by atoms with van der Waals surface area (Å²) in [5.74, 6) is 0.431. The van der Waals surface area contributed by atoms with Gasteiger partial charge in [-0.15, -0.1) is 0 Å². The van der Waals surface area contributed by atoms with Gasteiger partial charge in [0.1, 0.15) is 11.4 Å². The quantitative estimate of drug-likeness (QED) is 0.349. The van der Waals surface area contributed by atoms with E-state index in [9.17, 15) is 14.9 Å². The summed E-state index contributed by atoms with van der Waals surface area (Å²) in [5.41, 5.74) is 1.56. The molecule has 2 aromatic rings. The Balaban J connectivity index is 1.84. The van der Waals surface area contributed by atoms with Crippen molar-refractivity contribution in [3.05, 3.63) is 63.7 Å². The first kappa shape index (κ1) is 21.2. The van der Waals surface area contributed by atoms with Crippen LogP contribution in [0.3, 0.4) is 0 Å². The van der Waals surface area contributed by atoms with Crippen LogP contribution in [-0.4, -0.2) is 44.2 Å². The number of nitro benzene ring substituents is 1. The number of nitrogens with zero attached hydrogens (tertiary/aromatic N) is 1. The lowest BCUT2D eigenvalue weighted by Crippen LogP contribution is -2.25. The molecule has 2 rings (SSSR count). The zero-order chi connectivity index (χ0) is 20.4. The Morgan fingerprint density at radius 3 is 2.68 bits per heavy atom. The molecule has 0 atom stereocenters. The summed E-state index contributed by atoms with van der Waals surface area (Å²) < 4.78 is 10.5. The molecule has 0 spiro atoms. The third-order valence-electron chi connectivity index (χ3n) is 3.94. The van der Waals surface area contributed by atoms with Gasteiger partial charge in [-0.05, 0) is 43.2 Å². The van der Waals surface area contributed by atoms with E-state index in [1.54, 1.807) is 13.2 Å². The summed E-state index contributed by atoms with van der Waals surface area (Å²) >= 11 is 0. The standard InChI is InChI=1S/C20H25N3O5/c1-15-5-3-6-17(13-15)28-11-4-9-22-20(24)16-7-8-18(21-10-12-27-2)19(14-16)23(25)26/h3,5-8,13-14,21H,4,9-12H2,1-2H3,(H,22,24). The normalized spacial score (nSPS) is 10.4. The van der Waals surface area contributed by atoms with E-state index < -0.39 is 4.92 Å². The summed E-state index contributed by atoms with van der Waals surface area (Å²) in [4.78, 5) is 23.0. The number of ether oxygens (including phenoxy) is 2. The number of hydrogen-bond donors (Lipinski definition) is 2. The van der Waals surface area contributed by atoms with E-state index >= 15 is 0 Å². The molecule has 0 fully saturated rings. The highest BCUT2D eigenvalue weighted by Crippen LogP contribution is 2.25. The predicted octanol–water partition coefficient (Wildman–Crippen LogP) is 3.16. The summed E-state index contributed by atoms with van der Waals surface area (Å²) in [6.07, 6.45) is 0.623. The van der Waals surface area contributed by atoms with Crippen LogP contribution in [0.25, 0.3) is 0 Å². The Bertz CT molecular complexity index is 810. The lowest BCUT2D eigenvalue weighted by Gasteiger charge is -2.10. The first-order valence-corrected chi connectivity index (χ1v) is 9.00. The van der Waals surface area contributed by atoms with Gasteiger partial charge in [-0.3, -0.25) is 14.9 Å². The SMILES string of the molecule is COCCNc1ccc(C(=O)NCCCOc2cccc(C)c2)cc1[N+](=O)[O-]. The first-order chi connectivity index (χ1) is 13.5. The molecule has 28 heavy (non-hydrogen) atoms. The van der Waals surface area contributed by atoms with E-state index in [1.165, 1.54) is 12.1 Å². The number of rotatable bonds is 11. The molecule has 0 saturated carbocycles. The Hall–Kier alpha value is -3.13. The van der Waals surface area contributed by atoms with Crippen molar-refractivity contribution in [3.63, 3.8) is 0 Å². The molecule has 0 bridgehead atoms. The zero-order valence-corrected chi connectivity index (χ0v) is 16.1. The van der Waals surface area contributed by atoms with Crippen molar-refractivity contribution in [2.45, 2.75) is 13.3 Å². The molecule has 0 heterocycles. The fourth-order valence-corrected chi connectivity index (χ4v) is 2.53. The van der Waals surface area contributed by atoms with Gasteiger partial charge in [0, 0.05) is 31.8 Å². The van der Waals surface area contributed by atoms with Crippen molar-refractivity contribution in [2.75, 3.05) is 38.7 Å². The van der Waals surface area contributed by atoms with E-state index in [0.29, 0.717) is 38.4 Å². The average Bonchev–Trinajstić information content (AvgIpc) is 2.68. The van der Waals surface area contributed by atoms with Crippen LogP contribution < -0.4 is 15.4 Å². The number of anilines is 1. The van der Waals surface area contributed by atoms with Crippen LogP contribution >= 0.6 is 0 Å². The Kier molecular flexibility index (Phi) is 8.23. The first-order valence-electron chi connectivity index (χ1n) is 9.00. The van der Waals surface area contributed by atoms with Crippen LogP contribution in [0.2, 0.25) is 0 Å². The van der Waals surface area contributed by atoms with Crippen LogP contribution in [0.4, 0.5) is 11.4 Å². The smallest absolute Gasteiger partial charge is 0.293 e. The number of benzene rings is 2. The maximum Gasteiger partial charge on any atom is 0.293 e. The second-order valence-corrected chi connectivity index (χ2v) is 6.18. The zero-order valence-electron chi connectivity index (χ0n) is 16.1. The second kappa shape index (κ2) is 10.9. The highest BCUT2D eigenvalue weighted by molar-refractivity contribution is 5.95. The molecular weight excluding hydrogens is 362 g/mol. The molecular formula is C20H25N3O5. The predicted molar refractivity (Wildman–Crippen MR) is 107 cm³/mol. The monoisotopic (exact) mass is 387 g/mol. The van der Waals surface area contributed by atoms with Gasteiger partial charge in [-0.1, -0.05) is 12.1 Å². The Labute approximate surface area is 164 Å². The number of carbonyl (C=O) groups excluding carboxylic acids is 1. The van der Waals surface area contributed by atoms with Gasteiger partial charge < -0.3 is 20.1 Å². The molecule has 0 saturated heterocycles. The van der Waals surface area contributed by atoms with Crippen LogP contribution in [0.1, 0.15) is 22.3 Å². The number of methoxy groups -OCH3 is 1. The summed E-state index contributed by atoms with van der Waals surface area (Å²) in [6.45, 7) is 3.72. The van der Waals surface area contributed by atoms with Gasteiger partial charge in [-0.25, -0.2) is 0 Å². The highest BCUT2D eigenvalue weighted by Gasteiger charge is 2.17. The summed E-state index contributed by atoms with van der Waals surface area (Å²) in [7, 11) is 1.55. The minimum Gasteiger partial charge on any atom is -0.494 e. The molecule has 0 aliphatic heterocycles. The number of nitrogens with one attached hydrogen (secondary N) is 2. The minimum atomic E-state index is -0.512. The lowest BCUT2D eigenvalue weighted by molar-refractivity contribution is -0.384. The maximum absolute atomic E-state index is 12.3. The molecule has 0 aromatic heterocycles. The van der Waals surface area contributed by atoms with E-state index in [-0.39, 0.29) is 17.2 Å². The van der Waals surface area contributed by atoms with E-state index in [1.807, 2.05) is 31.2 Å². The Morgan fingerprint density at radius 2 is 1.96 bits per heavy atom. The topological polar surface area (TPSA) is 103 Å². The van der Waals surface area contributed by atoms with E-state index in [0.717, 1.165) is 11.3 Å². The van der Waals surface area contributed by atoms with Crippen LogP contribution in [0.5, 0.6) is 5.75 Å². The molecule has 8 nitrogen and oxygen atoms in total. The molecule has 0 aliphatic carbocycles. The molecule has 150 valence electrons. The van der Waals surface area contributed by atoms with Gasteiger partial charge in [0.2, 0.25) is 0 Å². The molecule has 0 radical (unpaired) electrons. The number of amides is 1. The lowest BCUT2D eigenvalue weighted by atomic mass is 10.1. The maximum atomic E-state index is 12.3. The molecule has 0 aliphatic rings. The number of carbonyl (C=O) groups is 1. The summed E-state index contributed by atoms with van der Waals surface area (Å²) in [6, 6.07) is 12.1. The van der Waals surface area contributed by atoms with E-state index in [4.69, 9.17) is 9.47 Å². The number of aryl methyl sites for hydroxylation is 1. The van der Waals surface area contributed by atoms with Gasteiger partial charge in [0.05, 0.1) is 18.1 Å². The highest BCUT2D eigenvalue weighted by atomic mass is 16.6. The van der Waals surface area contributed by atoms with Crippen LogP contribution in [0.15, 0.2) is 42.5 Å². The fraction of sp³-hybridized carbons (Fsp3) is 0.350. The van der Waals surface area contributed by atoms with Crippen molar-refractivity contribution >= 4 is 17.3 Å². The molecule has 2 N–H and O–H groups in total. The molecule has 2 aromatic carbocycles. The molecule has 8 heteroatoms. The van der Waals surface area contributed by atoms with Crippen molar-refractivity contribution in [1.82, 2.24) is 5.32 Å². The molecule has 0 unspecified atom stereocenters. The third kappa shape index (κ3) is 6.55. The van der Waals surface area contributed by atoms with Crippen LogP contribution in [0, 0.1) is 17.0 Å². The van der Waals surface area contributed by atoms with Crippen LogP contribution in [-0.2, 0) is 4.74 Å². The second-order valence-electron chi connectivity index (χ2n) is 6.18. The van der Waals surface area contributed by atoms with Gasteiger partial charge in [-0.2, -0.15) is 0 Å². The summed E-state index contributed by atoms with van der Waals surface area (Å²) in [5, 5.41) is 17.0.